The molecule has 4 atom stereocenters. The highest BCUT2D eigenvalue weighted by Gasteiger charge is 2.64. The Morgan fingerprint density at radius 2 is 1.76 bits per heavy atom. The number of hydrogen-bond acceptors (Lipinski definition) is 10. The molecule has 278 valence electrons. The van der Waals surface area contributed by atoms with Gasteiger partial charge in [-0.2, -0.15) is 0 Å². The molecule has 5 rings (SSSR count). The van der Waals surface area contributed by atoms with Crippen LogP contribution >= 0.6 is 0 Å². The van der Waals surface area contributed by atoms with E-state index in [1.807, 2.05) is 0 Å². The Morgan fingerprint density at radius 1 is 1.06 bits per heavy atom. The van der Waals surface area contributed by atoms with Gasteiger partial charge < -0.3 is 39.6 Å². The van der Waals surface area contributed by atoms with Crippen molar-refractivity contribution in [1.82, 2.24) is 15.5 Å². The van der Waals surface area contributed by atoms with Crippen molar-refractivity contribution in [1.29, 1.82) is 0 Å². The van der Waals surface area contributed by atoms with Crippen LogP contribution in [0.15, 0.2) is 42.0 Å². The number of nitrogens with one attached hydrogen (secondary N) is 2. The van der Waals surface area contributed by atoms with E-state index in [9.17, 15) is 29.1 Å². The first-order chi connectivity index (χ1) is 24.2. The standard InChI is InChI=1S/C38H51N3O10/c1-37(2,3)50-33(45)16-14-28(22-42)40-31(43)17-18-39-35(46)25-20-29(34-30(21-25)49-38(51-34,26-10-11-26)27-12-13-27)48-36(47)24-8-6-7-23(19-24)9-15-32(44)41(4)5/h6-9,15,19,21,26-30,34,42H,10-14,16-18,20,22H2,1-5H3,(H,39,46)(H,40,43)/t28-,29+,30+,34-/m0/s1. The third-order valence-electron chi connectivity index (χ3n) is 9.28. The predicted molar refractivity (Wildman–Crippen MR) is 186 cm³/mol. The van der Waals surface area contributed by atoms with Gasteiger partial charge in [0.25, 0.3) is 0 Å². The Kier molecular flexibility index (Phi) is 12.0. The molecule has 0 spiro atoms. The lowest BCUT2D eigenvalue weighted by Gasteiger charge is -2.31. The number of likely N-dealkylation sites (N-methyl/N-ethyl adjacent to an activating group) is 1. The maximum atomic E-state index is 13.5. The predicted octanol–water partition coefficient (Wildman–Crippen LogP) is 3.05. The van der Waals surface area contributed by atoms with Gasteiger partial charge in [0.2, 0.25) is 17.7 Å². The van der Waals surface area contributed by atoms with E-state index in [0.29, 0.717) is 16.7 Å². The fourth-order valence-electron chi connectivity index (χ4n) is 6.46. The summed E-state index contributed by atoms with van der Waals surface area (Å²) in [6, 6.07) is 6.12. The minimum Gasteiger partial charge on any atom is -0.460 e. The van der Waals surface area contributed by atoms with Crippen molar-refractivity contribution in [3.05, 3.63) is 53.1 Å². The number of hydrogen-bond donors (Lipinski definition) is 3. The van der Waals surface area contributed by atoms with E-state index in [0.717, 1.165) is 25.7 Å². The summed E-state index contributed by atoms with van der Waals surface area (Å²) >= 11 is 0. The molecule has 2 saturated carbocycles. The number of fused-ring (bicyclic) bond motifs is 1. The Hall–Kier alpha value is -4.07. The molecule has 13 nitrogen and oxygen atoms in total. The van der Waals surface area contributed by atoms with Gasteiger partial charge in [-0.1, -0.05) is 12.1 Å². The number of rotatable bonds is 15. The van der Waals surface area contributed by atoms with Crippen molar-refractivity contribution in [2.24, 2.45) is 11.8 Å². The fourth-order valence-corrected chi connectivity index (χ4v) is 6.46. The summed E-state index contributed by atoms with van der Waals surface area (Å²) in [6.45, 7) is 4.97. The molecule has 3 fully saturated rings. The summed E-state index contributed by atoms with van der Waals surface area (Å²) in [5.74, 6) is -2.23. The molecule has 1 heterocycles. The molecule has 13 heteroatoms. The van der Waals surface area contributed by atoms with Gasteiger partial charge in [-0.05, 0) is 82.7 Å². The number of aliphatic hydroxyl groups excluding tert-OH is 1. The van der Waals surface area contributed by atoms with Crippen molar-refractivity contribution in [2.75, 3.05) is 27.2 Å². The van der Waals surface area contributed by atoms with Gasteiger partial charge >= 0.3 is 11.9 Å². The van der Waals surface area contributed by atoms with E-state index in [4.69, 9.17) is 18.9 Å². The number of ether oxygens (including phenoxy) is 4. The highest BCUT2D eigenvalue weighted by atomic mass is 16.8. The highest BCUT2D eigenvalue weighted by molar-refractivity contribution is 5.95. The van der Waals surface area contributed by atoms with Gasteiger partial charge in [0, 0.05) is 63.4 Å². The second-order valence-electron chi connectivity index (χ2n) is 15.0. The molecule has 3 amide bonds. The molecule has 0 aromatic heterocycles. The third-order valence-corrected chi connectivity index (χ3v) is 9.28. The molecular weight excluding hydrogens is 658 g/mol. The average Bonchev–Trinajstić information content (AvgIpc) is 4.02. The molecular formula is C38H51N3O10. The summed E-state index contributed by atoms with van der Waals surface area (Å²) in [5, 5.41) is 15.2. The Labute approximate surface area is 299 Å². The van der Waals surface area contributed by atoms with Gasteiger partial charge in [0.1, 0.15) is 23.9 Å². The number of benzene rings is 1. The lowest BCUT2D eigenvalue weighted by molar-refractivity contribution is -0.209. The lowest BCUT2D eigenvalue weighted by atomic mass is 9.91. The van der Waals surface area contributed by atoms with Crippen LogP contribution in [-0.4, -0.2) is 103 Å². The van der Waals surface area contributed by atoms with Gasteiger partial charge in [-0.15, -0.1) is 0 Å². The summed E-state index contributed by atoms with van der Waals surface area (Å²) in [6.07, 6.45) is 7.08. The molecule has 1 aliphatic heterocycles. The zero-order chi connectivity index (χ0) is 36.9. The van der Waals surface area contributed by atoms with Crippen LogP contribution in [0.2, 0.25) is 0 Å². The van der Waals surface area contributed by atoms with E-state index >= 15 is 0 Å². The molecule has 0 bridgehead atoms. The normalized spacial score (nSPS) is 23.1. The van der Waals surface area contributed by atoms with Gasteiger partial charge in [-0.25, -0.2) is 4.79 Å². The van der Waals surface area contributed by atoms with Crippen LogP contribution in [0, 0.1) is 11.8 Å². The SMILES string of the molecule is CN(C)C(=O)C=Cc1cccc(C(=O)O[C@@H]2CC(C(=O)NCCC(=O)N[C@H](CO)CCC(=O)OC(C)(C)C)=C[C@H]3OC(C4CC4)(C4CC4)O[C@H]32)c1. The summed E-state index contributed by atoms with van der Waals surface area (Å²) in [5.41, 5.74) is 0.682. The van der Waals surface area contributed by atoms with E-state index in [1.54, 1.807) is 71.3 Å². The summed E-state index contributed by atoms with van der Waals surface area (Å²) in [7, 11) is 3.31. The summed E-state index contributed by atoms with van der Waals surface area (Å²) < 4.78 is 24.6. The third kappa shape index (κ3) is 10.3. The maximum Gasteiger partial charge on any atom is 0.338 e. The topological polar surface area (TPSA) is 170 Å². The number of esters is 2. The zero-order valence-corrected chi connectivity index (χ0v) is 30.1. The number of aliphatic hydroxyl groups is 1. The number of amides is 3. The van der Waals surface area contributed by atoms with E-state index < -0.39 is 59.5 Å². The van der Waals surface area contributed by atoms with Gasteiger partial charge in [0.15, 0.2) is 5.79 Å². The monoisotopic (exact) mass is 709 g/mol. The largest absolute Gasteiger partial charge is 0.460 e. The number of nitrogens with zero attached hydrogens (tertiary/aromatic N) is 1. The number of carbonyl (C=O) groups is 5. The van der Waals surface area contributed by atoms with Crippen LogP contribution in [0.4, 0.5) is 0 Å². The average molecular weight is 710 g/mol. The molecule has 3 aliphatic carbocycles. The second kappa shape index (κ2) is 16.1. The minimum atomic E-state index is -0.805. The molecule has 1 saturated heterocycles. The lowest BCUT2D eigenvalue weighted by Crippen LogP contribution is -2.44. The van der Waals surface area contributed by atoms with Crippen molar-refractivity contribution in [2.45, 2.75) is 108 Å². The van der Waals surface area contributed by atoms with Crippen molar-refractivity contribution in [3.8, 4) is 0 Å². The van der Waals surface area contributed by atoms with Crippen LogP contribution in [0.1, 0.15) is 88.1 Å². The van der Waals surface area contributed by atoms with Crippen LogP contribution in [-0.2, 0) is 38.1 Å². The van der Waals surface area contributed by atoms with Crippen molar-refractivity contribution >= 4 is 35.7 Å². The maximum absolute atomic E-state index is 13.5. The molecule has 1 aromatic rings. The quantitative estimate of drug-likeness (QED) is 0.182. The van der Waals surface area contributed by atoms with Crippen LogP contribution < -0.4 is 10.6 Å². The summed E-state index contributed by atoms with van der Waals surface area (Å²) in [4.78, 5) is 65.1. The zero-order valence-electron chi connectivity index (χ0n) is 30.1. The smallest absolute Gasteiger partial charge is 0.338 e. The fraction of sp³-hybridized carbons (Fsp3) is 0.605. The van der Waals surface area contributed by atoms with Crippen LogP contribution in [0.3, 0.4) is 0 Å². The van der Waals surface area contributed by atoms with Crippen LogP contribution in [0.25, 0.3) is 6.08 Å². The first-order valence-electron chi connectivity index (χ1n) is 17.8. The molecule has 4 aliphatic rings. The van der Waals surface area contributed by atoms with E-state index in [1.165, 1.54) is 11.0 Å². The van der Waals surface area contributed by atoms with Gasteiger partial charge in [-0.3, -0.25) is 19.2 Å². The first-order valence-corrected chi connectivity index (χ1v) is 17.8. The highest BCUT2D eigenvalue weighted by Crippen LogP contribution is 2.59. The Morgan fingerprint density at radius 3 is 2.39 bits per heavy atom. The first kappa shape index (κ1) is 38.2. The Balaban J connectivity index is 1.21. The van der Waals surface area contributed by atoms with Gasteiger partial charge in [0.05, 0.1) is 18.2 Å². The van der Waals surface area contributed by atoms with Crippen molar-refractivity contribution < 1.29 is 48.0 Å². The van der Waals surface area contributed by atoms with Crippen LogP contribution in [0.5, 0.6) is 0 Å². The van der Waals surface area contributed by atoms with E-state index in [2.05, 4.69) is 10.6 Å². The van der Waals surface area contributed by atoms with E-state index in [-0.39, 0.29) is 56.6 Å². The molecule has 3 N–H and O–H groups in total. The molecule has 51 heavy (non-hydrogen) atoms. The second-order valence-corrected chi connectivity index (χ2v) is 15.0. The Bertz CT molecular complexity index is 1530. The molecule has 0 radical (unpaired) electrons. The minimum absolute atomic E-state index is 0.0207. The molecule has 0 unspecified atom stereocenters. The van der Waals surface area contributed by atoms with Crippen molar-refractivity contribution in [3.63, 3.8) is 0 Å². The number of carbonyl (C=O) groups excluding carboxylic acids is 5. The molecule has 1 aromatic carbocycles.